The van der Waals surface area contributed by atoms with Crippen molar-refractivity contribution in [2.75, 3.05) is 19.0 Å². The van der Waals surface area contributed by atoms with Crippen molar-refractivity contribution in [3.8, 4) is 5.75 Å². The van der Waals surface area contributed by atoms with E-state index in [2.05, 4.69) is 23.5 Å². The molecule has 0 radical (unpaired) electrons. The fourth-order valence-electron chi connectivity index (χ4n) is 2.77. The molecule has 1 unspecified atom stereocenters. The van der Waals surface area contributed by atoms with Gasteiger partial charge in [0, 0.05) is 21.9 Å². The molecule has 0 aliphatic heterocycles. The Bertz CT molecular complexity index is 859. The summed E-state index contributed by atoms with van der Waals surface area (Å²) in [6.07, 6.45) is 0.851. The molecule has 0 saturated heterocycles. The van der Waals surface area contributed by atoms with Gasteiger partial charge in [-0.15, -0.1) is 11.3 Å². The molecule has 1 heterocycles. The molecule has 0 saturated carbocycles. The zero-order valence-electron chi connectivity index (χ0n) is 15.5. The largest absolute Gasteiger partial charge is 0.497 e. The van der Waals surface area contributed by atoms with Crippen LogP contribution in [0.5, 0.6) is 5.75 Å². The van der Waals surface area contributed by atoms with Gasteiger partial charge in [0.05, 0.1) is 13.7 Å². The first-order valence-electron chi connectivity index (χ1n) is 8.89. The zero-order valence-corrected chi connectivity index (χ0v) is 16.3. The fraction of sp³-hybridized carbons (Fsp3) is 0.227. The number of thiophene rings is 1. The van der Waals surface area contributed by atoms with Gasteiger partial charge in [-0.25, -0.2) is 4.79 Å². The van der Waals surface area contributed by atoms with E-state index in [0.29, 0.717) is 6.61 Å². The number of hydrogen-bond donors (Lipinski definition) is 1. The summed E-state index contributed by atoms with van der Waals surface area (Å²) >= 11 is 1.63. The Morgan fingerprint density at radius 2 is 1.78 bits per heavy atom. The molecule has 0 aliphatic carbocycles. The lowest BCUT2D eigenvalue weighted by Crippen LogP contribution is -2.22. The van der Waals surface area contributed by atoms with Crippen LogP contribution in [0.2, 0.25) is 0 Å². The Hall–Kier alpha value is -2.79. The van der Waals surface area contributed by atoms with Crippen LogP contribution in [0.4, 0.5) is 5.69 Å². The number of rotatable bonds is 8. The molecule has 0 aliphatic rings. The maximum Gasteiger partial charge on any atom is 0.334 e. The molecule has 5 heteroatoms. The van der Waals surface area contributed by atoms with Gasteiger partial charge in [-0.1, -0.05) is 30.3 Å². The third kappa shape index (κ3) is 5.11. The van der Waals surface area contributed by atoms with Crippen LogP contribution in [-0.4, -0.2) is 19.7 Å². The molecule has 1 N–H and O–H groups in total. The van der Waals surface area contributed by atoms with Crippen LogP contribution in [0.25, 0.3) is 0 Å². The van der Waals surface area contributed by atoms with Crippen LogP contribution in [0.3, 0.4) is 0 Å². The average molecular weight is 381 g/mol. The van der Waals surface area contributed by atoms with Crippen LogP contribution < -0.4 is 10.1 Å². The second kappa shape index (κ2) is 9.24. The molecule has 0 amide bonds. The first kappa shape index (κ1) is 19.0. The molecule has 4 nitrogen and oxygen atoms in total. The number of anilines is 1. The van der Waals surface area contributed by atoms with Gasteiger partial charge >= 0.3 is 5.97 Å². The van der Waals surface area contributed by atoms with E-state index in [9.17, 15) is 4.79 Å². The van der Waals surface area contributed by atoms with Crippen LogP contribution >= 0.6 is 11.3 Å². The summed E-state index contributed by atoms with van der Waals surface area (Å²) in [6, 6.07) is 21.4. The first-order valence-corrected chi connectivity index (χ1v) is 9.71. The highest BCUT2D eigenvalue weighted by atomic mass is 32.1. The summed E-state index contributed by atoms with van der Waals surface area (Å²) in [5, 5.41) is 3.29. The minimum absolute atomic E-state index is 0.276. The molecule has 3 aromatic rings. The number of ether oxygens (including phenoxy) is 2. The van der Waals surface area contributed by atoms with Crippen LogP contribution in [0.1, 0.15) is 28.3 Å². The van der Waals surface area contributed by atoms with E-state index in [1.165, 1.54) is 10.4 Å². The van der Waals surface area contributed by atoms with Gasteiger partial charge in [0.15, 0.2) is 6.04 Å². The van der Waals surface area contributed by atoms with E-state index in [1.54, 1.807) is 18.4 Å². The second-order valence-electron chi connectivity index (χ2n) is 6.02. The summed E-state index contributed by atoms with van der Waals surface area (Å²) in [6.45, 7) is 2.17. The molecule has 2 aromatic carbocycles. The molecule has 140 valence electrons. The third-order valence-electron chi connectivity index (χ3n) is 4.11. The monoisotopic (exact) mass is 381 g/mol. The van der Waals surface area contributed by atoms with Gasteiger partial charge in [0.25, 0.3) is 0 Å². The second-order valence-corrected chi connectivity index (χ2v) is 7.22. The van der Waals surface area contributed by atoms with Gasteiger partial charge in [0.2, 0.25) is 0 Å². The minimum Gasteiger partial charge on any atom is -0.497 e. The summed E-state index contributed by atoms with van der Waals surface area (Å²) in [5.41, 5.74) is 2.09. The SMILES string of the molecule is CCOC(=O)C(Nc1ccc(OC)cc1)c1ccc(Cc2ccccc2)s1. The Morgan fingerprint density at radius 3 is 2.44 bits per heavy atom. The summed E-state index contributed by atoms with van der Waals surface area (Å²) in [5.74, 6) is 0.496. The molecular weight excluding hydrogens is 358 g/mol. The fourth-order valence-corrected chi connectivity index (χ4v) is 3.85. The zero-order chi connectivity index (χ0) is 19.1. The maximum atomic E-state index is 12.5. The number of benzene rings is 2. The Balaban J connectivity index is 1.79. The number of nitrogens with one attached hydrogen (secondary N) is 1. The lowest BCUT2D eigenvalue weighted by atomic mass is 10.1. The van der Waals surface area contributed by atoms with Crippen molar-refractivity contribution in [1.82, 2.24) is 0 Å². The molecule has 0 spiro atoms. The summed E-state index contributed by atoms with van der Waals surface area (Å²) < 4.78 is 10.5. The lowest BCUT2D eigenvalue weighted by molar-refractivity contribution is -0.144. The van der Waals surface area contributed by atoms with E-state index in [1.807, 2.05) is 55.5 Å². The van der Waals surface area contributed by atoms with E-state index >= 15 is 0 Å². The van der Waals surface area contributed by atoms with Crippen molar-refractivity contribution < 1.29 is 14.3 Å². The van der Waals surface area contributed by atoms with Crippen molar-refractivity contribution in [3.63, 3.8) is 0 Å². The maximum absolute atomic E-state index is 12.5. The minimum atomic E-state index is -0.534. The molecule has 3 rings (SSSR count). The van der Waals surface area contributed by atoms with Crippen molar-refractivity contribution in [3.05, 3.63) is 82.0 Å². The van der Waals surface area contributed by atoms with Crippen LogP contribution in [0, 0.1) is 0 Å². The van der Waals surface area contributed by atoms with Gasteiger partial charge in [-0.05, 0) is 48.9 Å². The van der Waals surface area contributed by atoms with E-state index in [-0.39, 0.29) is 5.97 Å². The van der Waals surface area contributed by atoms with Crippen molar-refractivity contribution in [2.24, 2.45) is 0 Å². The smallest absolute Gasteiger partial charge is 0.334 e. The Kier molecular flexibility index (Phi) is 6.49. The number of carbonyl (C=O) groups is 1. The van der Waals surface area contributed by atoms with Crippen molar-refractivity contribution >= 4 is 23.0 Å². The highest BCUT2D eigenvalue weighted by molar-refractivity contribution is 7.12. The number of methoxy groups -OCH3 is 1. The van der Waals surface area contributed by atoms with Gasteiger partial charge in [0.1, 0.15) is 5.75 Å². The third-order valence-corrected chi connectivity index (χ3v) is 5.26. The Labute approximate surface area is 163 Å². The van der Waals surface area contributed by atoms with E-state index < -0.39 is 6.04 Å². The molecule has 27 heavy (non-hydrogen) atoms. The van der Waals surface area contributed by atoms with Crippen LogP contribution in [-0.2, 0) is 16.0 Å². The first-order chi connectivity index (χ1) is 13.2. The highest BCUT2D eigenvalue weighted by Crippen LogP contribution is 2.29. The molecule has 1 atom stereocenters. The molecule has 0 bridgehead atoms. The predicted octanol–water partition coefficient (Wildman–Crippen LogP) is 5.06. The van der Waals surface area contributed by atoms with Crippen molar-refractivity contribution in [1.29, 1.82) is 0 Å². The standard InChI is InChI=1S/C22H23NO3S/c1-3-26-22(24)21(23-17-9-11-18(25-2)12-10-17)20-14-13-19(27-20)15-16-7-5-4-6-8-16/h4-14,21,23H,3,15H2,1-2H3. The van der Waals surface area contributed by atoms with Gasteiger partial charge < -0.3 is 14.8 Å². The van der Waals surface area contributed by atoms with Gasteiger partial charge in [-0.3, -0.25) is 0 Å². The van der Waals surface area contributed by atoms with Crippen molar-refractivity contribution in [2.45, 2.75) is 19.4 Å². The average Bonchev–Trinajstić information content (AvgIpc) is 3.15. The number of esters is 1. The number of carbonyl (C=O) groups excluding carboxylic acids is 1. The number of hydrogen-bond acceptors (Lipinski definition) is 5. The Morgan fingerprint density at radius 1 is 1.04 bits per heavy atom. The normalized spacial score (nSPS) is 11.6. The van der Waals surface area contributed by atoms with E-state index in [0.717, 1.165) is 22.7 Å². The van der Waals surface area contributed by atoms with E-state index in [4.69, 9.17) is 9.47 Å². The highest BCUT2D eigenvalue weighted by Gasteiger charge is 2.24. The molecule has 1 aromatic heterocycles. The summed E-state index contributed by atoms with van der Waals surface area (Å²) in [7, 11) is 1.63. The predicted molar refractivity (Wildman–Crippen MR) is 110 cm³/mol. The quantitative estimate of drug-likeness (QED) is 0.554. The molecular formula is C22H23NO3S. The van der Waals surface area contributed by atoms with Crippen LogP contribution in [0.15, 0.2) is 66.7 Å². The molecule has 0 fully saturated rings. The lowest BCUT2D eigenvalue weighted by Gasteiger charge is -2.17. The van der Waals surface area contributed by atoms with Gasteiger partial charge in [-0.2, -0.15) is 0 Å². The summed E-state index contributed by atoms with van der Waals surface area (Å²) in [4.78, 5) is 14.7. The topological polar surface area (TPSA) is 47.6 Å².